The van der Waals surface area contributed by atoms with Crippen LogP contribution in [0.4, 0.5) is 18.0 Å². The minimum atomic E-state index is -5.27. The van der Waals surface area contributed by atoms with E-state index in [2.05, 4.69) is 5.32 Å². The molecule has 6 N–H and O–H groups in total. The number of hydrogen-bond acceptors (Lipinski definition) is 11. The Kier molecular flexibility index (Phi) is 11.3. The molecule has 0 bridgehead atoms. The number of nitrogens with one attached hydrogen (secondary N) is 2. The number of aliphatic hydroxyl groups excluding tert-OH is 2. The first-order valence-corrected chi connectivity index (χ1v) is 12.0. The van der Waals surface area contributed by atoms with Gasteiger partial charge in [0.05, 0.1) is 36.8 Å². The molecule has 0 aliphatic carbocycles. The summed E-state index contributed by atoms with van der Waals surface area (Å²) in [5, 5.41) is 23.9. The number of carbonyl (C=O) groups is 3. The van der Waals surface area contributed by atoms with Crippen LogP contribution in [0, 0.1) is 5.41 Å². The third-order valence-electron chi connectivity index (χ3n) is 6.08. The van der Waals surface area contributed by atoms with E-state index >= 15 is 0 Å². The fraction of sp³-hybridized carbons (Fsp3) is 0.864. The van der Waals surface area contributed by atoms with Crippen molar-refractivity contribution in [1.82, 2.24) is 10.6 Å². The molecule has 9 atom stereocenters. The van der Waals surface area contributed by atoms with Crippen LogP contribution in [-0.4, -0.2) is 117 Å². The normalized spacial score (nSPS) is 33.7. The van der Waals surface area contributed by atoms with Gasteiger partial charge in [-0.25, -0.2) is 4.79 Å². The van der Waals surface area contributed by atoms with Crippen molar-refractivity contribution in [2.75, 3.05) is 27.4 Å². The van der Waals surface area contributed by atoms with Crippen LogP contribution in [0.5, 0.6) is 0 Å². The van der Waals surface area contributed by atoms with Gasteiger partial charge in [-0.2, -0.15) is 13.2 Å². The van der Waals surface area contributed by atoms with Crippen molar-refractivity contribution >= 4 is 17.9 Å². The molecule has 226 valence electrons. The minimum absolute atomic E-state index is 0.375. The summed E-state index contributed by atoms with van der Waals surface area (Å²) in [5.41, 5.74) is 4.20. The summed E-state index contributed by atoms with van der Waals surface area (Å²) in [4.78, 5) is 36.4. The lowest BCUT2D eigenvalue weighted by Gasteiger charge is -2.48. The fourth-order valence-corrected chi connectivity index (χ4v) is 4.15. The number of esters is 1. The molecule has 0 saturated carbocycles. The molecule has 2 fully saturated rings. The van der Waals surface area contributed by atoms with Crippen molar-refractivity contribution in [3.63, 3.8) is 0 Å². The second-order valence-corrected chi connectivity index (χ2v) is 10.0. The second-order valence-electron chi connectivity index (χ2n) is 10.0. The maximum absolute atomic E-state index is 13.1. The highest BCUT2D eigenvalue weighted by molar-refractivity contribution is 5.82. The Morgan fingerprint density at radius 1 is 0.949 bits per heavy atom. The van der Waals surface area contributed by atoms with Crippen LogP contribution in [0.3, 0.4) is 0 Å². The first kappa shape index (κ1) is 32.9. The lowest BCUT2D eigenvalue weighted by atomic mass is 9.94. The van der Waals surface area contributed by atoms with Gasteiger partial charge in [0.25, 0.3) is 0 Å². The van der Waals surface area contributed by atoms with Gasteiger partial charge in [0.2, 0.25) is 0 Å². The molecule has 0 aromatic heterocycles. The van der Waals surface area contributed by atoms with Crippen molar-refractivity contribution in [2.24, 2.45) is 11.1 Å². The first-order chi connectivity index (χ1) is 18.1. The van der Waals surface area contributed by atoms with Gasteiger partial charge in [-0.15, -0.1) is 0 Å². The molecule has 0 spiro atoms. The van der Waals surface area contributed by atoms with E-state index in [1.54, 1.807) is 5.32 Å². The number of urea groups is 1. The lowest BCUT2D eigenvalue weighted by Crippen LogP contribution is -2.69. The molecule has 2 heterocycles. The maximum atomic E-state index is 13.1. The van der Waals surface area contributed by atoms with Crippen molar-refractivity contribution in [2.45, 2.75) is 88.6 Å². The van der Waals surface area contributed by atoms with Crippen molar-refractivity contribution in [1.29, 1.82) is 0 Å². The number of aliphatic hydroxyl groups is 2. The van der Waals surface area contributed by atoms with Gasteiger partial charge in [-0.1, -0.05) is 0 Å². The molecule has 2 saturated heterocycles. The molecule has 14 nitrogen and oxygen atoms in total. The van der Waals surface area contributed by atoms with E-state index in [9.17, 15) is 37.8 Å². The zero-order valence-corrected chi connectivity index (χ0v) is 22.1. The summed E-state index contributed by atoms with van der Waals surface area (Å²) in [6.45, 7) is 3.08. The van der Waals surface area contributed by atoms with E-state index < -0.39 is 97.9 Å². The van der Waals surface area contributed by atoms with Gasteiger partial charge in [0.1, 0.15) is 18.3 Å². The molecular formula is C22H36F3N3O11. The van der Waals surface area contributed by atoms with Crippen LogP contribution in [0.2, 0.25) is 0 Å². The SMILES string of the molecule is CO[C@@H]1O[C@H](CO)[C@H](O[C@@H]2O[C@H](CO)C[C@H](NC(=O)C(F)(F)F)[C@H]2OC(=O)C(C)(C)C)[C@@H](NC(N)=O)[C@H]1OC. The summed E-state index contributed by atoms with van der Waals surface area (Å²) >= 11 is 0. The molecular weight excluding hydrogens is 539 g/mol. The summed E-state index contributed by atoms with van der Waals surface area (Å²) in [5.74, 6) is -3.18. The number of primary amides is 1. The summed E-state index contributed by atoms with van der Waals surface area (Å²) < 4.78 is 72.7. The Labute approximate surface area is 222 Å². The smallest absolute Gasteiger partial charge is 0.454 e. The average Bonchev–Trinajstić information content (AvgIpc) is 2.84. The minimum Gasteiger partial charge on any atom is -0.454 e. The number of carbonyl (C=O) groups excluding carboxylic acids is 3. The molecule has 2 aliphatic heterocycles. The number of ether oxygens (including phenoxy) is 6. The largest absolute Gasteiger partial charge is 0.471 e. The number of alkyl halides is 3. The number of methoxy groups -OCH3 is 2. The lowest BCUT2D eigenvalue weighted by molar-refractivity contribution is -0.328. The van der Waals surface area contributed by atoms with Gasteiger partial charge in [-0.3, -0.25) is 9.59 Å². The van der Waals surface area contributed by atoms with E-state index in [-0.39, 0.29) is 6.42 Å². The van der Waals surface area contributed by atoms with E-state index in [1.165, 1.54) is 35.0 Å². The van der Waals surface area contributed by atoms with Crippen LogP contribution in [-0.2, 0) is 38.0 Å². The van der Waals surface area contributed by atoms with E-state index in [1.807, 2.05) is 0 Å². The number of hydrogen-bond donors (Lipinski definition) is 5. The standard InChI is InChI=1S/C22H36F3N3O11/c1-21(2,3)19(32)39-13-10(27-18(31)22(23,24)25)6-9(7-29)36-17(13)38-14-11(8-30)37-16(35-5)15(34-4)12(14)28-20(26)33/h9-17,29-30H,6-8H2,1-5H3,(H,27,31)(H3,26,28,33)/t9-,10-,11+,12+,13+,14-,15+,16+,17-/m0/s1. The number of nitrogens with two attached hydrogens (primary N) is 1. The maximum Gasteiger partial charge on any atom is 0.471 e. The summed E-state index contributed by atoms with van der Waals surface area (Å²) in [6, 6.07) is -3.72. The van der Waals surface area contributed by atoms with Crippen molar-refractivity contribution < 1.29 is 66.2 Å². The summed E-state index contributed by atoms with van der Waals surface area (Å²) in [6.07, 6.45) is -15.0. The van der Waals surface area contributed by atoms with Gasteiger partial charge in [-0.05, 0) is 27.2 Å². The Bertz CT molecular complexity index is 857. The number of rotatable bonds is 9. The molecule has 0 aromatic rings. The zero-order chi connectivity index (χ0) is 29.7. The van der Waals surface area contributed by atoms with Gasteiger partial charge >= 0.3 is 24.1 Å². The number of amides is 3. The van der Waals surface area contributed by atoms with Crippen LogP contribution >= 0.6 is 0 Å². The average molecular weight is 576 g/mol. The van der Waals surface area contributed by atoms with Crippen LogP contribution < -0.4 is 16.4 Å². The topological polar surface area (TPSA) is 197 Å². The third-order valence-corrected chi connectivity index (χ3v) is 6.08. The predicted molar refractivity (Wildman–Crippen MR) is 123 cm³/mol. The molecule has 17 heteroatoms. The molecule has 0 radical (unpaired) electrons. The highest BCUT2D eigenvalue weighted by atomic mass is 19.4. The Morgan fingerprint density at radius 3 is 2.05 bits per heavy atom. The van der Waals surface area contributed by atoms with Gasteiger partial charge in [0.15, 0.2) is 18.7 Å². The third kappa shape index (κ3) is 8.36. The van der Waals surface area contributed by atoms with Crippen molar-refractivity contribution in [3.8, 4) is 0 Å². The highest BCUT2D eigenvalue weighted by Crippen LogP contribution is 2.33. The van der Waals surface area contributed by atoms with E-state index in [0.717, 1.165) is 0 Å². The first-order valence-electron chi connectivity index (χ1n) is 12.0. The molecule has 0 aromatic carbocycles. The van der Waals surface area contributed by atoms with Crippen LogP contribution in [0.1, 0.15) is 27.2 Å². The molecule has 39 heavy (non-hydrogen) atoms. The quantitative estimate of drug-likeness (QED) is 0.209. The number of halogens is 3. The highest BCUT2D eigenvalue weighted by Gasteiger charge is 2.53. The van der Waals surface area contributed by atoms with E-state index in [0.29, 0.717) is 0 Å². The molecule has 2 rings (SSSR count). The molecule has 0 unspecified atom stereocenters. The second kappa shape index (κ2) is 13.4. The van der Waals surface area contributed by atoms with Gasteiger partial charge < -0.3 is 55.0 Å². The zero-order valence-electron chi connectivity index (χ0n) is 22.1. The Balaban J connectivity index is 2.51. The predicted octanol–water partition coefficient (Wildman–Crippen LogP) is -1.10. The Morgan fingerprint density at radius 2 is 1.59 bits per heavy atom. The monoisotopic (exact) mass is 575 g/mol. The van der Waals surface area contributed by atoms with Gasteiger partial charge in [0, 0.05) is 14.2 Å². The molecule has 2 aliphatic rings. The van der Waals surface area contributed by atoms with Crippen molar-refractivity contribution in [3.05, 3.63) is 0 Å². The van der Waals surface area contributed by atoms with E-state index in [4.69, 9.17) is 34.2 Å². The Hall–Kier alpha value is -2.28. The summed E-state index contributed by atoms with van der Waals surface area (Å²) in [7, 11) is 2.54. The fourth-order valence-electron chi connectivity index (χ4n) is 4.15. The van der Waals surface area contributed by atoms with Crippen LogP contribution in [0.15, 0.2) is 0 Å². The molecule has 3 amide bonds. The van der Waals surface area contributed by atoms with Crippen LogP contribution in [0.25, 0.3) is 0 Å².